The second-order valence-electron chi connectivity index (χ2n) is 4.42. The first-order valence-corrected chi connectivity index (χ1v) is 6.73. The molecule has 0 aromatic heterocycles. The summed E-state index contributed by atoms with van der Waals surface area (Å²) in [6.07, 6.45) is 2.39. The molecule has 20 heavy (non-hydrogen) atoms. The number of hydrogen-bond donors (Lipinski definition) is 1. The van der Waals surface area contributed by atoms with Crippen LogP contribution in [0.2, 0.25) is 0 Å². The smallest absolute Gasteiger partial charge is 0.329 e. The molecule has 0 aliphatic carbocycles. The molecule has 1 aliphatic heterocycles. The van der Waals surface area contributed by atoms with Crippen LogP contribution in [0.4, 0.5) is 4.79 Å². The third-order valence-electron chi connectivity index (χ3n) is 2.93. The number of para-hydroxylation sites is 1. The van der Waals surface area contributed by atoms with E-state index in [9.17, 15) is 9.59 Å². The average molecular weight is 274 g/mol. The molecular formula is C15H18N2O3. The van der Waals surface area contributed by atoms with Crippen molar-refractivity contribution < 1.29 is 14.3 Å². The number of amides is 3. The molecule has 5 nitrogen and oxygen atoms in total. The Hall–Kier alpha value is -2.30. The van der Waals surface area contributed by atoms with Crippen LogP contribution in [0, 0.1) is 0 Å². The number of carbonyl (C=O) groups is 2. The maximum atomic E-state index is 12.1. The number of carbonyl (C=O) groups excluding carboxylic acids is 2. The molecule has 1 aliphatic rings. The van der Waals surface area contributed by atoms with Gasteiger partial charge in [0.25, 0.3) is 5.91 Å². The van der Waals surface area contributed by atoms with Crippen molar-refractivity contribution in [2.24, 2.45) is 0 Å². The van der Waals surface area contributed by atoms with Crippen molar-refractivity contribution in [3.63, 3.8) is 0 Å². The fraction of sp³-hybridized carbons (Fsp3) is 0.333. The lowest BCUT2D eigenvalue weighted by molar-refractivity contribution is -0.122. The Bertz CT molecular complexity index is 552. The Kier molecular flexibility index (Phi) is 4.40. The first kappa shape index (κ1) is 14.1. The summed E-state index contributed by atoms with van der Waals surface area (Å²) < 4.78 is 5.50. The second kappa shape index (κ2) is 6.23. The summed E-state index contributed by atoms with van der Waals surface area (Å²) in [5.74, 6) is 0.404. The number of nitrogens with zero attached hydrogens (tertiary/aromatic N) is 1. The van der Waals surface area contributed by atoms with Gasteiger partial charge in [0.2, 0.25) is 0 Å². The second-order valence-corrected chi connectivity index (χ2v) is 4.42. The molecule has 3 amide bonds. The van der Waals surface area contributed by atoms with Crippen molar-refractivity contribution in [1.29, 1.82) is 0 Å². The Balaban J connectivity index is 2.28. The number of urea groups is 1. The number of imide groups is 1. The summed E-state index contributed by atoms with van der Waals surface area (Å²) >= 11 is 0. The van der Waals surface area contributed by atoms with Gasteiger partial charge in [0.05, 0.1) is 6.61 Å². The van der Waals surface area contributed by atoms with E-state index in [4.69, 9.17) is 4.74 Å². The van der Waals surface area contributed by atoms with E-state index < -0.39 is 0 Å². The molecule has 1 heterocycles. The van der Waals surface area contributed by atoms with Gasteiger partial charge in [-0.1, -0.05) is 25.1 Å². The molecule has 0 radical (unpaired) electrons. The van der Waals surface area contributed by atoms with Crippen LogP contribution in [-0.4, -0.2) is 30.0 Å². The van der Waals surface area contributed by atoms with Crippen LogP contribution < -0.4 is 10.1 Å². The van der Waals surface area contributed by atoms with E-state index in [1.54, 1.807) is 6.08 Å². The summed E-state index contributed by atoms with van der Waals surface area (Å²) in [5, 5.41) is 2.60. The van der Waals surface area contributed by atoms with Crippen molar-refractivity contribution in [3.8, 4) is 5.75 Å². The van der Waals surface area contributed by atoms with Gasteiger partial charge in [0.1, 0.15) is 11.4 Å². The molecule has 1 N–H and O–H groups in total. The lowest BCUT2D eigenvalue weighted by Crippen LogP contribution is -2.31. The molecule has 0 saturated carbocycles. The quantitative estimate of drug-likeness (QED) is 0.662. The number of nitrogens with one attached hydrogen (secondary N) is 1. The monoisotopic (exact) mass is 274 g/mol. The molecule has 2 rings (SSSR count). The molecular weight excluding hydrogens is 256 g/mol. The van der Waals surface area contributed by atoms with Gasteiger partial charge in [-0.3, -0.25) is 9.69 Å². The molecule has 1 fully saturated rings. The maximum Gasteiger partial charge on any atom is 0.329 e. The van der Waals surface area contributed by atoms with E-state index in [1.807, 2.05) is 38.1 Å². The molecule has 0 unspecified atom stereocenters. The van der Waals surface area contributed by atoms with Gasteiger partial charge in [-0.05, 0) is 25.5 Å². The van der Waals surface area contributed by atoms with Crippen LogP contribution in [-0.2, 0) is 4.79 Å². The van der Waals surface area contributed by atoms with Crippen LogP contribution >= 0.6 is 0 Å². The normalized spacial score (nSPS) is 16.7. The van der Waals surface area contributed by atoms with Gasteiger partial charge >= 0.3 is 6.03 Å². The Morgan fingerprint density at radius 3 is 2.70 bits per heavy atom. The highest BCUT2D eigenvalue weighted by atomic mass is 16.5. The van der Waals surface area contributed by atoms with Gasteiger partial charge in [0, 0.05) is 12.1 Å². The minimum atomic E-state index is -0.364. The summed E-state index contributed by atoms with van der Waals surface area (Å²) in [6, 6.07) is 7.05. The minimum absolute atomic E-state index is 0.288. The lowest BCUT2D eigenvalue weighted by atomic mass is 10.1. The Labute approximate surface area is 118 Å². The van der Waals surface area contributed by atoms with Crippen LogP contribution in [0.3, 0.4) is 0 Å². The largest absolute Gasteiger partial charge is 0.493 e. The summed E-state index contributed by atoms with van der Waals surface area (Å²) in [5.41, 5.74) is 1.06. The van der Waals surface area contributed by atoms with Crippen molar-refractivity contribution in [2.45, 2.75) is 20.3 Å². The van der Waals surface area contributed by atoms with E-state index in [0.29, 0.717) is 18.9 Å². The highest BCUT2D eigenvalue weighted by Crippen LogP contribution is 2.22. The van der Waals surface area contributed by atoms with Crippen LogP contribution in [0.25, 0.3) is 6.08 Å². The molecule has 5 heteroatoms. The van der Waals surface area contributed by atoms with Crippen molar-refractivity contribution >= 4 is 18.0 Å². The maximum absolute atomic E-state index is 12.1. The first-order valence-electron chi connectivity index (χ1n) is 6.73. The van der Waals surface area contributed by atoms with E-state index >= 15 is 0 Å². The van der Waals surface area contributed by atoms with Crippen molar-refractivity contribution in [1.82, 2.24) is 10.2 Å². The topological polar surface area (TPSA) is 58.6 Å². The molecule has 106 valence electrons. The highest BCUT2D eigenvalue weighted by molar-refractivity contribution is 6.14. The zero-order valence-corrected chi connectivity index (χ0v) is 11.7. The molecule has 1 aromatic rings. The molecule has 1 aromatic carbocycles. The number of rotatable bonds is 5. The number of hydrogen-bond acceptors (Lipinski definition) is 3. The van der Waals surface area contributed by atoms with Crippen molar-refractivity contribution in [2.75, 3.05) is 13.2 Å². The third-order valence-corrected chi connectivity index (χ3v) is 2.93. The summed E-state index contributed by atoms with van der Waals surface area (Å²) in [7, 11) is 0. The highest BCUT2D eigenvalue weighted by Gasteiger charge is 2.32. The average Bonchev–Trinajstić information content (AvgIpc) is 2.69. The molecule has 0 bridgehead atoms. The Morgan fingerprint density at radius 1 is 1.25 bits per heavy atom. The molecule has 1 saturated heterocycles. The zero-order valence-electron chi connectivity index (χ0n) is 11.7. The van der Waals surface area contributed by atoms with Gasteiger partial charge in [-0.2, -0.15) is 0 Å². The first-order chi connectivity index (χ1) is 9.67. The predicted octanol–water partition coefficient (Wildman–Crippen LogP) is 2.39. The molecule has 0 spiro atoms. The number of benzene rings is 1. The fourth-order valence-corrected chi connectivity index (χ4v) is 2.04. The van der Waals surface area contributed by atoms with Gasteiger partial charge in [-0.25, -0.2) is 4.79 Å². The zero-order chi connectivity index (χ0) is 14.5. The van der Waals surface area contributed by atoms with Gasteiger partial charge in [-0.15, -0.1) is 0 Å². The predicted molar refractivity (Wildman–Crippen MR) is 76.1 cm³/mol. The SMILES string of the molecule is CCCN1C(=O)N/C(=C/c2ccccc2OCC)C1=O. The van der Waals surface area contributed by atoms with Gasteiger partial charge in [0.15, 0.2) is 0 Å². The molecule has 0 atom stereocenters. The lowest BCUT2D eigenvalue weighted by Gasteiger charge is -2.09. The van der Waals surface area contributed by atoms with Crippen LogP contribution in [0.5, 0.6) is 5.75 Å². The van der Waals surface area contributed by atoms with Crippen LogP contribution in [0.1, 0.15) is 25.8 Å². The van der Waals surface area contributed by atoms with Crippen LogP contribution in [0.15, 0.2) is 30.0 Å². The fourth-order valence-electron chi connectivity index (χ4n) is 2.04. The summed E-state index contributed by atoms with van der Waals surface area (Å²) in [6.45, 7) is 4.79. The Morgan fingerprint density at radius 2 is 2.00 bits per heavy atom. The standard InChI is InChI=1S/C15H18N2O3/c1-3-9-17-14(18)12(16-15(17)19)10-11-7-5-6-8-13(11)20-4-2/h5-8,10H,3-4,9H2,1-2H3,(H,16,19)/b12-10+. The van der Waals surface area contributed by atoms with E-state index in [1.165, 1.54) is 4.90 Å². The third kappa shape index (κ3) is 2.82. The van der Waals surface area contributed by atoms with E-state index in [2.05, 4.69) is 5.32 Å². The van der Waals surface area contributed by atoms with E-state index in [-0.39, 0.29) is 17.6 Å². The van der Waals surface area contributed by atoms with Crippen molar-refractivity contribution in [3.05, 3.63) is 35.5 Å². The summed E-state index contributed by atoms with van der Waals surface area (Å²) in [4.78, 5) is 25.0. The number of ether oxygens (including phenoxy) is 1. The minimum Gasteiger partial charge on any atom is -0.493 e. The van der Waals surface area contributed by atoms with Gasteiger partial charge < -0.3 is 10.1 Å². The van der Waals surface area contributed by atoms with E-state index in [0.717, 1.165) is 12.0 Å².